The molecule has 0 saturated carbocycles. The SMILES string of the molecule is [B]c1ccccc1C1NCCN1. The first-order valence-corrected chi connectivity index (χ1v) is 4.19. The zero-order valence-corrected chi connectivity index (χ0v) is 6.88. The molecular weight excluding hydrogens is 147 g/mol. The summed E-state index contributed by atoms with van der Waals surface area (Å²) in [5.74, 6) is 0. The molecule has 0 spiro atoms. The minimum atomic E-state index is 0.242. The molecule has 12 heavy (non-hydrogen) atoms. The normalized spacial score (nSPS) is 18.3. The van der Waals surface area contributed by atoms with E-state index in [4.69, 9.17) is 7.85 Å². The van der Waals surface area contributed by atoms with Crippen LogP contribution >= 0.6 is 0 Å². The Balaban J connectivity index is 2.26. The summed E-state index contributed by atoms with van der Waals surface area (Å²) in [6, 6.07) is 7.93. The second-order valence-corrected chi connectivity index (χ2v) is 2.97. The Hall–Kier alpha value is -0.795. The third-order valence-electron chi connectivity index (χ3n) is 2.13. The number of rotatable bonds is 1. The molecule has 3 heteroatoms. The Morgan fingerprint density at radius 2 is 1.83 bits per heavy atom. The van der Waals surface area contributed by atoms with Crippen molar-refractivity contribution in [1.82, 2.24) is 10.6 Å². The smallest absolute Gasteiger partial charge is 0.114 e. The van der Waals surface area contributed by atoms with Gasteiger partial charge in [-0.05, 0) is 5.56 Å². The molecule has 1 saturated heterocycles. The highest BCUT2D eigenvalue weighted by Crippen LogP contribution is 2.08. The van der Waals surface area contributed by atoms with Crippen molar-refractivity contribution in [1.29, 1.82) is 0 Å². The molecule has 60 valence electrons. The van der Waals surface area contributed by atoms with Crippen molar-refractivity contribution in [2.24, 2.45) is 0 Å². The molecule has 1 fully saturated rings. The van der Waals surface area contributed by atoms with Crippen LogP contribution in [0.5, 0.6) is 0 Å². The lowest BCUT2D eigenvalue weighted by atomic mass is 9.89. The maximum Gasteiger partial charge on any atom is 0.114 e. The van der Waals surface area contributed by atoms with Crippen molar-refractivity contribution >= 4 is 13.3 Å². The van der Waals surface area contributed by atoms with Crippen LogP contribution in [0, 0.1) is 0 Å². The Bertz CT molecular complexity index is 269. The van der Waals surface area contributed by atoms with Crippen molar-refractivity contribution in [2.75, 3.05) is 13.1 Å². The summed E-state index contributed by atoms with van der Waals surface area (Å²) in [4.78, 5) is 0. The lowest BCUT2D eigenvalue weighted by Crippen LogP contribution is -2.27. The van der Waals surface area contributed by atoms with Gasteiger partial charge in [0.2, 0.25) is 0 Å². The van der Waals surface area contributed by atoms with Gasteiger partial charge in [0.15, 0.2) is 0 Å². The van der Waals surface area contributed by atoms with E-state index in [0.717, 1.165) is 24.1 Å². The molecule has 1 aliphatic heterocycles. The number of benzene rings is 1. The van der Waals surface area contributed by atoms with Crippen LogP contribution in [0.25, 0.3) is 0 Å². The third kappa shape index (κ3) is 1.38. The van der Waals surface area contributed by atoms with Crippen LogP contribution in [0.3, 0.4) is 0 Å². The summed E-state index contributed by atoms with van der Waals surface area (Å²) >= 11 is 0. The van der Waals surface area contributed by atoms with Crippen LogP contribution < -0.4 is 16.1 Å². The van der Waals surface area contributed by atoms with Gasteiger partial charge in [0.1, 0.15) is 7.85 Å². The molecular formula is C9H11BN2. The van der Waals surface area contributed by atoms with Crippen LogP contribution in [-0.4, -0.2) is 20.9 Å². The Labute approximate surface area is 73.8 Å². The summed E-state index contributed by atoms with van der Waals surface area (Å²) in [6.45, 7) is 2.03. The summed E-state index contributed by atoms with van der Waals surface area (Å²) in [5.41, 5.74) is 2.00. The zero-order chi connectivity index (χ0) is 8.39. The highest BCUT2D eigenvalue weighted by Gasteiger charge is 2.15. The summed E-state index contributed by atoms with van der Waals surface area (Å²) < 4.78 is 0. The number of hydrogen-bond acceptors (Lipinski definition) is 2. The fraction of sp³-hybridized carbons (Fsp3) is 0.333. The van der Waals surface area contributed by atoms with E-state index in [1.807, 2.05) is 24.3 Å². The van der Waals surface area contributed by atoms with Crippen molar-refractivity contribution in [2.45, 2.75) is 6.17 Å². The van der Waals surface area contributed by atoms with Crippen LogP contribution in [-0.2, 0) is 0 Å². The summed E-state index contributed by atoms with van der Waals surface area (Å²) in [7, 11) is 5.82. The highest BCUT2D eigenvalue weighted by molar-refractivity contribution is 6.33. The number of nitrogens with one attached hydrogen (secondary N) is 2. The quantitative estimate of drug-likeness (QED) is 0.547. The summed E-state index contributed by atoms with van der Waals surface area (Å²) in [6.07, 6.45) is 0.242. The van der Waals surface area contributed by atoms with E-state index < -0.39 is 0 Å². The second kappa shape index (κ2) is 3.29. The van der Waals surface area contributed by atoms with Gasteiger partial charge in [-0.2, -0.15) is 0 Å². The lowest BCUT2D eigenvalue weighted by Gasteiger charge is -2.13. The molecule has 0 amide bonds. The van der Waals surface area contributed by atoms with Gasteiger partial charge in [0.25, 0.3) is 0 Å². The molecule has 1 aromatic carbocycles. The Morgan fingerprint density at radius 3 is 2.50 bits per heavy atom. The zero-order valence-electron chi connectivity index (χ0n) is 6.88. The molecule has 2 N–H and O–H groups in total. The average molecular weight is 158 g/mol. The average Bonchev–Trinajstić information content (AvgIpc) is 2.57. The van der Waals surface area contributed by atoms with Crippen LogP contribution in [0.2, 0.25) is 0 Å². The van der Waals surface area contributed by atoms with Crippen LogP contribution in [0.4, 0.5) is 0 Å². The van der Waals surface area contributed by atoms with Gasteiger partial charge < -0.3 is 0 Å². The van der Waals surface area contributed by atoms with Crippen molar-refractivity contribution in [3.05, 3.63) is 29.8 Å². The predicted molar refractivity (Wildman–Crippen MR) is 50.6 cm³/mol. The van der Waals surface area contributed by atoms with Crippen LogP contribution in [0.1, 0.15) is 11.7 Å². The minimum absolute atomic E-state index is 0.242. The third-order valence-corrected chi connectivity index (χ3v) is 2.13. The summed E-state index contributed by atoms with van der Waals surface area (Å²) in [5, 5.41) is 6.65. The molecule has 0 atom stereocenters. The molecule has 0 bridgehead atoms. The predicted octanol–water partition coefficient (Wildman–Crippen LogP) is -0.328. The van der Waals surface area contributed by atoms with Gasteiger partial charge in [0, 0.05) is 13.1 Å². The molecule has 0 aromatic heterocycles. The molecule has 1 heterocycles. The first-order chi connectivity index (χ1) is 5.88. The standard InChI is InChI=1S/C9H11BN2/c10-8-4-2-1-3-7(8)9-11-5-6-12-9/h1-4,9,11-12H,5-6H2. The molecule has 2 nitrogen and oxygen atoms in total. The van der Waals surface area contributed by atoms with Gasteiger partial charge in [-0.25, -0.2) is 0 Å². The van der Waals surface area contributed by atoms with E-state index in [-0.39, 0.29) is 6.17 Å². The maximum atomic E-state index is 5.82. The molecule has 0 unspecified atom stereocenters. The Kier molecular flexibility index (Phi) is 2.15. The van der Waals surface area contributed by atoms with E-state index in [1.165, 1.54) is 0 Å². The van der Waals surface area contributed by atoms with E-state index >= 15 is 0 Å². The molecule has 1 aliphatic rings. The second-order valence-electron chi connectivity index (χ2n) is 2.97. The monoisotopic (exact) mass is 158 g/mol. The van der Waals surface area contributed by atoms with E-state index in [0.29, 0.717) is 0 Å². The fourth-order valence-electron chi connectivity index (χ4n) is 1.50. The lowest BCUT2D eigenvalue weighted by molar-refractivity contribution is 0.591. The fourth-order valence-corrected chi connectivity index (χ4v) is 1.50. The van der Waals surface area contributed by atoms with Gasteiger partial charge >= 0.3 is 0 Å². The Morgan fingerprint density at radius 1 is 1.17 bits per heavy atom. The molecule has 2 radical (unpaired) electrons. The van der Waals surface area contributed by atoms with E-state index in [9.17, 15) is 0 Å². The molecule has 1 aromatic rings. The highest BCUT2D eigenvalue weighted by atomic mass is 15.2. The van der Waals surface area contributed by atoms with E-state index in [1.54, 1.807) is 0 Å². The van der Waals surface area contributed by atoms with Gasteiger partial charge in [0.05, 0.1) is 6.17 Å². The first kappa shape index (κ1) is 7.83. The molecule has 2 rings (SSSR count). The van der Waals surface area contributed by atoms with Gasteiger partial charge in [-0.3, -0.25) is 10.6 Å². The van der Waals surface area contributed by atoms with Crippen molar-refractivity contribution in [3.8, 4) is 0 Å². The maximum absolute atomic E-state index is 5.82. The van der Waals surface area contributed by atoms with Crippen LogP contribution in [0.15, 0.2) is 24.3 Å². The van der Waals surface area contributed by atoms with Crippen molar-refractivity contribution in [3.63, 3.8) is 0 Å². The minimum Gasteiger partial charge on any atom is -0.297 e. The van der Waals surface area contributed by atoms with E-state index in [2.05, 4.69) is 10.6 Å². The van der Waals surface area contributed by atoms with Crippen molar-refractivity contribution < 1.29 is 0 Å². The largest absolute Gasteiger partial charge is 0.297 e. The first-order valence-electron chi connectivity index (χ1n) is 4.19. The van der Waals surface area contributed by atoms with Gasteiger partial charge in [-0.15, -0.1) is 0 Å². The topological polar surface area (TPSA) is 24.1 Å². The van der Waals surface area contributed by atoms with Gasteiger partial charge in [-0.1, -0.05) is 29.7 Å². The number of hydrogen-bond donors (Lipinski definition) is 2. The molecule has 0 aliphatic carbocycles.